The molecule has 0 atom stereocenters. The van der Waals surface area contributed by atoms with Gasteiger partial charge in [-0.1, -0.05) is 66.7 Å². The Bertz CT molecular complexity index is 1510. The van der Waals surface area contributed by atoms with E-state index in [1.165, 1.54) is 0 Å². The first kappa shape index (κ1) is 19.1. The van der Waals surface area contributed by atoms with Crippen molar-refractivity contribution in [2.45, 2.75) is 0 Å². The Morgan fingerprint density at radius 2 is 1.33 bits per heavy atom. The zero-order valence-corrected chi connectivity index (χ0v) is 17.6. The standard InChI is InChI=1S/C28H18N4O/c33-28(32-31-27-22-10-3-1-7-19(22)20-8-2-4-11-23(20)27)24-17-26(18-13-15-29-16-14-18)30-25-12-6-5-9-21(24)25/h1-17H,(H,32,33). The highest BCUT2D eigenvalue weighted by atomic mass is 16.2. The van der Waals surface area contributed by atoms with Gasteiger partial charge in [-0.15, -0.1) is 0 Å². The van der Waals surface area contributed by atoms with Gasteiger partial charge in [-0.25, -0.2) is 10.4 Å². The first-order valence-corrected chi connectivity index (χ1v) is 10.7. The van der Waals surface area contributed by atoms with Crippen LogP contribution >= 0.6 is 0 Å². The second kappa shape index (κ2) is 7.80. The predicted molar refractivity (Wildman–Crippen MR) is 130 cm³/mol. The van der Waals surface area contributed by atoms with E-state index < -0.39 is 0 Å². The van der Waals surface area contributed by atoms with Gasteiger partial charge in [-0.3, -0.25) is 9.78 Å². The van der Waals surface area contributed by atoms with E-state index in [0.717, 1.165) is 44.4 Å². The number of carbonyl (C=O) groups excluding carboxylic acids is 1. The molecule has 1 amide bonds. The molecular formula is C28H18N4O. The van der Waals surface area contributed by atoms with Crippen LogP contribution in [-0.2, 0) is 0 Å². The molecule has 1 N–H and O–H groups in total. The lowest BCUT2D eigenvalue weighted by Gasteiger charge is -2.09. The van der Waals surface area contributed by atoms with Crippen LogP contribution < -0.4 is 5.43 Å². The Kier molecular flexibility index (Phi) is 4.51. The molecule has 5 heteroatoms. The van der Waals surface area contributed by atoms with Crippen LogP contribution in [0.15, 0.2) is 108 Å². The number of fused-ring (bicyclic) bond motifs is 4. The maximum Gasteiger partial charge on any atom is 0.272 e. The van der Waals surface area contributed by atoms with Crippen molar-refractivity contribution in [3.63, 3.8) is 0 Å². The number of benzene rings is 3. The fourth-order valence-electron chi connectivity index (χ4n) is 4.32. The van der Waals surface area contributed by atoms with Crippen molar-refractivity contribution in [3.8, 4) is 22.4 Å². The number of pyridine rings is 2. The van der Waals surface area contributed by atoms with E-state index in [1.54, 1.807) is 12.4 Å². The topological polar surface area (TPSA) is 67.2 Å². The minimum Gasteiger partial charge on any atom is -0.267 e. The van der Waals surface area contributed by atoms with Crippen molar-refractivity contribution in [2.24, 2.45) is 5.10 Å². The summed E-state index contributed by atoms with van der Waals surface area (Å²) >= 11 is 0. The van der Waals surface area contributed by atoms with Gasteiger partial charge in [-0.2, -0.15) is 5.10 Å². The van der Waals surface area contributed by atoms with E-state index >= 15 is 0 Å². The summed E-state index contributed by atoms with van der Waals surface area (Å²) in [6, 6.07) is 29.4. The van der Waals surface area contributed by atoms with Gasteiger partial charge >= 0.3 is 0 Å². The van der Waals surface area contributed by atoms with Crippen LogP contribution in [0.4, 0.5) is 0 Å². The molecule has 1 aliphatic carbocycles. The number of amides is 1. The second-order valence-electron chi connectivity index (χ2n) is 7.80. The quantitative estimate of drug-likeness (QED) is 0.382. The number of carbonyl (C=O) groups is 1. The summed E-state index contributed by atoms with van der Waals surface area (Å²) in [4.78, 5) is 22.2. The zero-order valence-electron chi connectivity index (χ0n) is 17.6. The van der Waals surface area contributed by atoms with Crippen LogP contribution in [-0.4, -0.2) is 21.6 Å². The molecule has 5 nitrogen and oxygen atoms in total. The lowest BCUT2D eigenvalue weighted by Crippen LogP contribution is -2.20. The normalized spacial score (nSPS) is 11.7. The monoisotopic (exact) mass is 426 g/mol. The summed E-state index contributed by atoms with van der Waals surface area (Å²) < 4.78 is 0. The Hall–Kier alpha value is -4.64. The summed E-state index contributed by atoms with van der Waals surface area (Å²) in [6.07, 6.45) is 3.43. The highest BCUT2D eigenvalue weighted by Gasteiger charge is 2.24. The molecule has 0 spiro atoms. The molecule has 5 aromatic rings. The molecule has 0 radical (unpaired) electrons. The molecule has 1 aliphatic rings. The largest absolute Gasteiger partial charge is 0.272 e. The lowest BCUT2D eigenvalue weighted by atomic mass is 10.0. The third-order valence-electron chi connectivity index (χ3n) is 5.86. The van der Waals surface area contributed by atoms with Crippen LogP contribution in [0.5, 0.6) is 0 Å². The van der Waals surface area contributed by atoms with Crippen molar-refractivity contribution >= 4 is 22.5 Å². The first-order valence-electron chi connectivity index (χ1n) is 10.7. The fraction of sp³-hybridized carbons (Fsp3) is 0. The smallest absolute Gasteiger partial charge is 0.267 e. The van der Waals surface area contributed by atoms with Crippen LogP contribution in [0.2, 0.25) is 0 Å². The van der Waals surface area contributed by atoms with E-state index in [0.29, 0.717) is 11.3 Å². The molecule has 0 unspecified atom stereocenters. The number of para-hydroxylation sites is 1. The summed E-state index contributed by atoms with van der Waals surface area (Å²) in [5.41, 5.74) is 10.7. The molecule has 0 aliphatic heterocycles. The molecule has 156 valence electrons. The minimum atomic E-state index is -0.279. The number of hydrogen-bond donors (Lipinski definition) is 1. The van der Waals surface area contributed by atoms with Crippen molar-refractivity contribution in [1.82, 2.24) is 15.4 Å². The van der Waals surface area contributed by atoms with Gasteiger partial charge in [0.25, 0.3) is 5.91 Å². The number of aromatic nitrogens is 2. The molecular weight excluding hydrogens is 408 g/mol. The van der Waals surface area contributed by atoms with E-state index in [4.69, 9.17) is 4.98 Å². The molecule has 0 bridgehead atoms. The Balaban J connectivity index is 1.43. The second-order valence-corrected chi connectivity index (χ2v) is 7.80. The van der Waals surface area contributed by atoms with Gasteiger partial charge in [0.2, 0.25) is 0 Å². The number of nitrogens with zero attached hydrogens (tertiary/aromatic N) is 3. The first-order chi connectivity index (χ1) is 16.3. The average Bonchev–Trinajstić information content (AvgIpc) is 3.21. The summed E-state index contributed by atoms with van der Waals surface area (Å²) in [5, 5.41) is 5.36. The molecule has 3 aromatic carbocycles. The van der Waals surface area contributed by atoms with Crippen LogP contribution in [0.25, 0.3) is 33.3 Å². The van der Waals surface area contributed by atoms with Crippen LogP contribution in [0.1, 0.15) is 21.5 Å². The fourth-order valence-corrected chi connectivity index (χ4v) is 4.32. The molecule has 2 aromatic heterocycles. The van der Waals surface area contributed by atoms with E-state index in [9.17, 15) is 4.79 Å². The third-order valence-corrected chi connectivity index (χ3v) is 5.86. The molecule has 2 heterocycles. The summed E-state index contributed by atoms with van der Waals surface area (Å²) in [7, 11) is 0. The van der Waals surface area contributed by atoms with Crippen molar-refractivity contribution < 1.29 is 4.79 Å². The van der Waals surface area contributed by atoms with Crippen molar-refractivity contribution in [1.29, 1.82) is 0 Å². The zero-order chi connectivity index (χ0) is 22.2. The molecule has 6 rings (SSSR count). The number of rotatable bonds is 3. The average molecular weight is 426 g/mol. The van der Waals surface area contributed by atoms with Gasteiger partial charge in [0.15, 0.2) is 0 Å². The Labute approximate surface area is 190 Å². The van der Waals surface area contributed by atoms with Crippen LogP contribution in [0.3, 0.4) is 0 Å². The lowest BCUT2D eigenvalue weighted by molar-refractivity contribution is 0.0956. The minimum absolute atomic E-state index is 0.279. The highest BCUT2D eigenvalue weighted by molar-refractivity contribution is 6.24. The predicted octanol–water partition coefficient (Wildman–Crippen LogP) is 5.46. The maximum atomic E-state index is 13.4. The van der Waals surface area contributed by atoms with E-state index in [-0.39, 0.29) is 5.91 Å². The molecule has 33 heavy (non-hydrogen) atoms. The van der Waals surface area contributed by atoms with Gasteiger partial charge in [0.1, 0.15) is 0 Å². The number of hydrogen-bond acceptors (Lipinski definition) is 4. The molecule has 0 saturated carbocycles. The third kappa shape index (κ3) is 3.27. The SMILES string of the molecule is O=C(NN=C1c2ccccc2-c2ccccc21)c1cc(-c2ccncc2)nc2ccccc12. The highest BCUT2D eigenvalue weighted by Crippen LogP contribution is 2.36. The van der Waals surface area contributed by atoms with Crippen molar-refractivity contribution in [3.05, 3.63) is 120 Å². The van der Waals surface area contributed by atoms with Gasteiger partial charge in [0.05, 0.1) is 22.5 Å². The number of nitrogens with one attached hydrogen (secondary N) is 1. The van der Waals surface area contributed by atoms with Crippen molar-refractivity contribution in [2.75, 3.05) is 0 Å². The maximum absolute atomic E-state index is 13.4. The number of hydrazone groups is 1. The van der Waals surface area contributed by atoms with Crippen LogP contribution in [0, 0.1) is 0 Å². The Morgan fingerprint density at radius 1 is 0.727 bits per heavy atom. The molecule has 0 fully saturated rings. The van der Waals surface area contributed by atoms with E-state index in [1.807, 2.05) is 78.9 Å². The van der Waals surface area contributed by atoms with E-state index in [2.05, 4.69) is 27.6 Å². The Morgan fingerprint density at radius 3 is 2.03 bits per heavy atom. The summed E-state index contributed by atoms with van der Waals surface area (Å²) in [5.74, 6) is -0.279. The summed E-state index contributed by atoms with van der Waals surface area (Å²) in [6.45, 7) is 0. The van der Waals surface area contributed by atoms with Gasteiger partial charge in [0, 0.05) is 34.5 Å². The van der Waals surface area contributed by atoms with Gasteiger partial charge in [-0.05, 0) is 35.4 Å². The molecule has 0 saturated heterocycles. The van der Waals surface area contributed by atoms with Gasteiger partial charge < -0.3 is 0 Å².